The van der Waals surface area contributed by atoms with Crippen LogP contribution in [0.4, 0.5) is 11.4 Å². The molecule has 2 aromatic carbocycles. The SMILES string of the molecule is COc1ccc(NC(=O)COc2ccccc2N)cc1C. The van der Waals surface area contributed by atoms with Crippen LogP contribution in [0.25, 0.3) is 0 Å². The molecule has 0 aromatic heterocycles. The third-order valence-electron chi connectivity index (χ3n) is 2.96. The highest BCUT2D eigenvalue weighted by molar-refractivity contribution is 5.92. The van der Waals surface area contributed by atoms with E-state index in [1.807, 2.05) is 19.1 Å². The van der Waals surface area contributed by atoms with Gasteiger partial charge in [0.25, 0.3) is 5.91 Å². The normalized spacial score (nSPS) is 10.0. The van der Waals surface area contributed by atoms with Crippen molar-refractivity contribution in [2.24, 2.45) is 0 Å². The molecule has 0 saturated heterocycles. The second-order valence-electron chi connectivity index (χ2n) is 4.56. The number of rotatable bonds is 5. The number of anilines is 2. The van der Waals surface area contributed by atoms with E-state index in [4.69, 9.17) is 15.2 Å². The van der Waals surface area contributed by atoms with Gasteiger partial charge in [0.1, 0.15) is 11.5 Å². The topological polar surface area (TPSA) is 73.6 Å². The Kier molecular flexibility index (Phi) is 4.66. The lowest BCUT2D eigenvalue weighted by molar-refractivity contribution is -0.118. The molecule has 110 valence electrons. The third kappa shape index (κ3) is 3.89. The number of aryl methyl sites for hydroxylation is 1. The van der Waals surface area contributed by atoms with E-state index in [1.165, 1.54) is 0 Å². The van der Waals surface area contributed by atoms with Gasteiger partial charge in [-0.25, -0.2) is 0 Å². The number of nitrogens with two attached hydrogens (primary N) is 1. The monoisotopic (exact) mass is 286 g/mol. The van der Waals surface area contributed by atoms with Crippen molar-refractivity contribution in [3.8, 4) is 11.5 Å². The van der Waals surface area contributed by atoms with Crippen molar-refractivity contribution in [2.45, 2.75) is 6.92 Å². The molecule has 2 aromatic rings. The molecule has 3 N–H and O–H groups in total. The second kappa shape index (κ2) is 6.65. The quantitative estimate of drug-likeness (QED) is 0.829. The molecule has 0 atom stereocenters. The summed E-state index contributed by atoms with van der Waals surface area (Å²) in [6.07, 6.45) is 0. The van der Waals surface area contributed by atoms with E-state index in [-0.39, 0.29) is 12.5 Å². The number of amides is 1. The summed E-state index contributed by atoms with van der Waals surface area (Å²) < 4.78 is 10.6. The second-order valence-corrected chi connectivity index (χ2v) is 4.56. The van der Waals surface area contributed by atoms with Crippen molar-refractivity contribution in [1.82, 2.24) is 0 Å². The number of carbonyl (C=O) groups excluding carboxylic acids is 1. The predicted molar refractivity (Wildman–Crippen MR) is 82.7 cm³/mol. The Balaban J connectivity index is 1.93. The fourth-order valence-corrected chi connectivity index (χ4v) is 1.91. The first kappa shape index (κ1) is 14.7. The minimum Gasteiger partial charge on any atom is -0.496 e. The first-order valence-electron chi connectivity index (χ1n) is 6.52. The van der Waals surface area contributed by atoms with Crippen LogP contribution in [0.1, 0.15) is 5.56 Å². The zero-order chi connectivity index (χ0) is 15.2. The molecular formula is C16H18N2O3. The lowest BCUT2D eigenvalue weighted by Gasteiger charge is -2.10. The molecule has 0 bridgehead atoms. The van der Waals surface area contributed by atoms with Crippen molar-refractivity contribution in [3.63, 3.8) is 0 Å². The van der Waals surface area contributed by atoms with E-state index in [9.17, 15) is 4.79 Å². The average molecular weight is 286 g/mol. The van der Waals surface area contributed by atoms with Crippen LogP contribution in [-0.2, 0) is 4.79 Å². The molecule has 0 heterocycles. The molecule has 0 unspecified atom stereocenters. The van der Waals surface area contributed by atoms with Gasteiger partial charge in [0.05, 0.1) is 12.8 Å². The molecule has 2 rings (SSSR count). The number of benzene rings is 2. The molecule has 0 radical (unpaired) electrons. The van der Waals surface area contributed by atoms with Crippen molar-refractivity contribution >= 4 is 17.3 Å². The molecule has 0 aliphatic carbocycles. The first-order valence-corrected chi connectivity index (χ1v) is 6.52. The molecule has 1 amide bonds. The van der Waals surface area contributed by atoms with Gasteiger partial charge in [-0.05, 0) is 42.8 Å². The standard InChI is InChI=1S/C16H18N2O3/c1-11-9-12(7-8-14(11)20-2)18-16(19)10-21-15-6-4-3-5-13(15)17/h3-9H,10,17H2,1-2H3,(H,18,19). The summed E-state index contributed by atoms with van der Waals surface area (Å²) in [4.78, 5) is 11.9. The van der Waals surface area contributed by atoms with Crippen LogP contribution < -0.4 is 20.5 Å². The summed E-state index contributed by atoms with van der Waals surface area (Å²) in [6, 6.07) is 12.5. The smallest absolute Gasteiger partial charge is 0.262 e. The Labute approximate surface area is 123 Å². The average Bonchev–Trinajstić information content (AvgIpc) is 2.46. The van der Waals surface area contributed by atoms with Crippen molar-refractivity contribution < 1.29 is 14.3 Å². The van der Waals surface area contributed by atoms with Gasteiger partial charge in [0.15, 0.2) is 6.61 Å². The van der Waals surface area contributed by atoms with Gasteiger partial charge in [-0.15, -0.1) is 0 Å². The van der Waals surface area contributed by atoms with Gasteiger partial charge < -0.3 is 20.5 Å². The highest BCUT2D eigenvalue weighted by Gasteiger charge is 2.07. The number of para-hydroxylation sites is 2. The molecule has 0 saturated carbocycles. The summed E-state index contributed by atoms with van der Waals surface area (Å²) in [5.74, 6) is 1.03. The third-order valence-corrected chi connectivity index (χ3v) is 2.96. The lowest BCUT2D eigenvalue weighted by atomic mass is 10.2. The Morgan fingerprint density at radius 1 is 1.19 bits per heavy atom. The van der Waals surface area contributed by atoms with E-state index in [1.54, 1.807) is 37.4 Å². The zero-order valence-corrected chi connectivity index (χ0v) is 12.1. The van der Waals surface area contributed by atoms with Crippen molar-refractivity contribution in [3.05, 3.63) is 48.0 Å². The zero-order valence-electron chi connectivity index (χ0n) is 12.1. The lowest BCUT2D eigenvalue weighted by Crippen LogP contribution is -2.20. The van der Waals surface area contributed by atoms with Crippen LogP contribution >= 0.6 is 0 Å². The molecule has 0 aliphatic heterocycles. The number of hydrogen-bond acceptors (Lipinski definition) is 4. The number of ether oxygens (including phenoxy) is 2. The molecule has 21 heavy (non-hydrogen) atoms. The maximum atomic E-state index is 11.9. The maximum absolute atomic E-state index is 11.9. The van der Waals surface area contributed by atoms with E-state index in [0.29, 0.717) is 17.1 Å². The molecule has 0 fully saturated rings. The summed E-state index contributed by atoms with van der Waals surface area (Å²) in [5, 5.41) is 2.76. The van der Waals surface area contributed by atoms with Crippen molar-refractivity contribution in [1.29, 1.82) is 0 Å². The maximum Gasteiger partial charge on any atom is 0.262 e. The van der Waals surface area contributed by atoms with Crippen molar-refractivity contribution in [2.75, 3.05) is 24.8 Å². The minimum atomic E-state index is -0.247. The number of nitrogens with one attached hydrogen (secondary N) is 1. The Hall–Kier alpha value is -2.69. The minimum absolute atomic E-state index is 0.0979. The Morgan fingerprint density at radius 3 is 2.62 bits per heavy atom. The number of methoxy groups -OCH3 is 1. The van der Waals surface area contributed by atoms with Gasteiger partial charge in [-0.1, -0.05) is 12.1 Å². The summed E-state index contributed by atoms with van der Waals surface area (Å²) in [6.45, 7) is 1.81. The van der Waals surface area contributed by atoms with Crippen LogP contribution in [0.5, 0.6) is 11.5 Å². The van der Waals surface area contributed by atoms with Crippen LogP contribution in [0.2, 0.25) is 0 Å². The number of nitrogen functional groups attached to an aromatic ring is 1. The van der Waals surface area contributed by atoms with E-state index in [2.05, 4.69) is 5.32 Å². The largest absolute Gasteiger partial charge is 0.496 e. The highest BCUT2D eigenvalue weighted by Crippen LogP contribution is 2.22. The van der Waals surface area contributed by atoms with Gasteiger partial charge in [0.2, 0.25) is 0 Å². The predicted octanol–water partition coefficient (Wildman–Crippen LogP) is 2.60. The van der Waals surface area contributed by atoms with Crippen LogP contribution in [-0.4, -0.2) is 19.6 Å². The fraction of sp³-hybridized carbons (Fsp3) is 0.188. The number of hydrogen-bond donors (Lipinski definition) is 2. The highest BCUT2D eigenvalue weighted by atomic mass is 16.5. The van der Waals surface area contributed by atoms with Crippen LogP contribution in [0, 0.1) is 6.92 Å². The Morgan fingerprint density at radius 2 is 1.95 bits per heavy atom. The van der Waals surface area contributed by atoms with Gasteiger partial charge >= 0.3 is 0 Å². The van der Waals surface area contributed by atoms with E-state index in [0.717, 1.165) is 11.3 Å². The molecule has 5 nitrogen and oxygen atoms in total. The van der Waals surface area contributed by atoms with Crippen LogP contribution in [0.15, 0.2) is 42.5 Å². The molecular weight excluding hydrogens is 268 g/mol. The first-order chi connectivity index (χ1) is 10.1. The summed E-state index contributed by atoms with van der Waals surface area (Å²) >= 11 is 0. The molecule has 5 heteroatoms. The molecule has 0 spiro atoms. The van der Waals surface area contributed by atoms with E-state index >= 15 is 0 Å². The number of carbonyl (C=O) groups is 1. The Bertz CT molecular complexity index is 641. The van der Waals surface area contributed by atoms with Gasteiger partial charge in [0, 0.05) is 5.69 Å². The van der Waals surface area contributed by atoms with Crippen LogP contribution in [0.3, 0.4) is 0 Å². The van der Waals surface area contributed by atoms with Gasteiger partial charge in [-0.2, -0.15) is 0 Å². The molecule has 0 aliphatic rings. The fourth-order valence-electron chi connectivity index (χ4n) is 1.91. The summed E-state index contributed by atoms with van der Waals surface area (Å²) in [7, 11) is 1.61. The van der Waals surface area contributed by atoms with E-state index < -0.39 is 0 Å². The van der Waals surface area contributed by atoms with Gasteiger partial charge in [-0.3, -0.25) is 4.79 Å². The summed E-state index contributed by atoms with van der Waals surface area (Å²) in [5.41, 5.74) is 7.89.